The van der Waals surface area contributed by atoms with Gasteiger partial charge in [-0.3, -0.25) is 4.98 Å². The fraction of sp³-hybridized carbons (Fsp3) is 0. The van der Waals surface area contributed by atoms with Crippen LogP contribution < -0.4 is 0 Å². The number of pyridine rings is 1. The van der Waals surface area contributed by atoms with Gasteiger partial charge in [0.15, 0.2) is 0 Å². The molecule has 0 fully saturated rings. The van der Waals surface area contributed by atoms with Gasteiger partial charge in [-0.15, -0.1) is 0 Å². The minimum atomic E-state index is 0.181. The van der Waals surface area contributed by atoms with Crippen LogP contribution in [0.25, 0.3) is 33.2 Å². The summed E-state index contributed by atoms with van der Waals surface area (Å²) in [6.45, 7) is 0. The van der Waals surface area contributed by atoms with Crippen molar-refractivity contribution in [2.45, 2.75) is 0 Å². The van der Waals surface area contributed by atoms with Crippen LogP contribution in [-0.2, 0) is 0 Å². The number of aromatic hydroxyl groups is 1. The molecule has 96 valence electrons. The minimum Gasteiger partial charge on any atom is -0.506 e. The van der Waals surface area contributed by atoms with Gasteiger partial charge in [0.2, 0.25) is 0 Å². The van der Waals surface area contributed by atoms with E-state index in [2.05, 4.69) is 4.98 Å². The van der Waals surface area contributed by atoms with Gasteiger partial charge in [0.1, 0.15) is 22.6 Å². The highest BCUT2D eigenvalue weighted by Crippen LogP contribution is 2.34. The van der Waals surface area contributed by atoms with Crippen LogP contribution in [0.3, 0.4) is 0 Å². The highest BCUT2D eigenvalue weighted by atomic mass is 16.3. The van der Waals surface area contributed by atoms with Gasteiger partial charge in [-0.1, -0.05) is 30.3 Å². The van der Waals surface area contributed by atoms with Gasteiger partial charge >= 0.3 is 0 Å². The molecule has 0 aliphatic heterocycles. The summed E-state index contributed by atoms with van der Waals surface area (Å²) in [4.78, 5) is 4.23. The fourth-order valence-electron chi connectivity index (χ4n) is 2.49. The van der Waals surface area contributed by atoms with Crippen LogP contribution in [0.4, 0.5) is 0 Å². The average Bonchev–Trinajstić information content (AvgIpc) is 2.91. The summed E-state index contributed by atoms with van der Waals surface area (Å²) in [6.07, 6.45) is 1.69. The van der Waals surface area contributed by atoms with Crippen LogP contribution in [0.1, 0.15) is 0 Å². The average molecular weight is 261 g/mol. The Bertz CT molecular complexity index is 891. The molecule has 0 spiro atoms. The van der Waals surface area contributed by atoms with E-state index in [-0.39, 0.29) is 5.75 Å². The van der Waals surface area contributed by atoms with Gasteiger partial charge < -0.3 is 9.52 Å². The molecule has 3 heteroatoms. The first-order chi connectivity index (χ1) is 9.83. The van der Waals surface area contributed by atoms with Crippen LogP contribution in [0, 0.1) is 0 Å². The molecule has 3 nitrogen and oxygen atoms in total. The summed E-state index contributed by atoms with van der Waals surface area (Å²) in [6, 6.07) is 17.2. The maximum atomic E-state index is 9.89. The molecule has 2 aromatic heterocycles. The Morgan fingerprint density at radius 2 is 1.85 bits per heavy atom. The second-order valence-electron chi connectivity index (χ2n) is 4.68. The van der Waals surface area contributed by atoms with Gasteiger partial charge in [-0.2, -0.15) is 0 Å². The normalized spacial score (nSPS) is 11.2. The third-order valence-corrected chi connectivity index (χ3v) is 3.44. The Morgan fingerprint density at radius 3 is 2.75 bits per heavy atom. The van der Waals surface area contributed by atoms with E-state index in [9.17, 15) is 5.11 Å². The van der Waals surface area contributed by atoms with Crippen molar-refractivity contribution in [3.05, 3.63) is 60.8 Å². The fourth-order valence-corrected chi connectivity index (χ4v) is 2.49. The van der Waals surface area contributed by atoms with E-state index in [0.29, 0.717) is 5.52 Å². The van der Waals surface area contributed by atoms with Gasteiger partial charge in [-0.25, -0.2) is 0 Å². The predicted molar refractivity (Wildman–Crippen MR) is 78.6 cm³/mol. The van der Waals surface area contributed by atoms with Crippen LogP contribution in [-0.4, -0.2) is 10.1 Å². The summed E-state index contributed by atoms with van der Waals surface area (Å²) in [5.74, 6) is 0.963. The van der Waals surface area contributed by atoms with Crippen molar-refractivity contribution >= 4 is 21.9 Å². The monoisotopic (exact) mass is 261 g/mol. The molecule has 0 saturated carbocycles. The van der Waals surface area contributed by atoms with E-state index in [1.54, 1.807) is 12.3 Å². The maximum Gasteiger partial charge on any atom is 0.141 e. The largest absolute Gasteiger partial charge is 0.506 e. The predicted octanol–water partition coefficient (Wildman–Crippen LogP) is 4.35. The molecule has 0 amide bonds. The summed E-state index contributed by atoms with van der Waals surface area (Å²) in [7, 11) is 0. The van der Waals surface area contributed by atoms with E-state index in [0.717, 1.165) is 27.7 Å². The molecule has 0 aliphatic carbocycles. The number of furan rings is 1. The van der Waals surface area contributed by atoms with Crippen LogP contribution in [0.5, 0.6) is 5.75 Å². The number of rotatable bonds is 1. The zero-order chi connectivity index (χ0) is 13.5. The molecule has 2 heterocycles. The van der Waals surface area contributed by atoms with Crippen molar-refractivity contribution < 1.29 is 9.52 Å². The lowest BCUT2D eigenvalue weighted by atomic mass is 10.1. The van der Waals surface area contributed by atoms with Crippen LogP contribution >= 0.6 is 0 Å². The number of benzene rings is 2. The lowest BCUT2D eigenvalue weighted by molar-refractivity contribution is 0.480. The van der Waals surface area contributed by atoms with Gasteiger partial charge in [0.25, 0.3) is 0 Å². The van der Waals surface area contributed by atoms with E-state index in [1.807, 2.05) is 48.5 Å². The SMILES string of the molecule is Oc1cccc2c(-c3cc4ccccc4o3)ccnc12. The molecule has 0 atom stereocenters. The number of hydrogen-bond acceptors (Lipinski definition) is 3. The van der Waals surface area contributed by atoms with Crippen LogP contribution in [0.2, 0.25) is 0 Å². The molecule has 2 aromatic carbocycles. The quantitative estimate of drug-likeness (QED) is 0.554. The first-order valence-electron chi connectivity index (χ1n) is 6.38. The standard InChI is InChI=1S/C17H11NO2/c19-14-6-3-5-13-12(8-9-18-17(13)14)16-10-11-4-1-2-7-15(11)20-16/h1-10,19H. The second kappa shape index (κ2) is 4.10. The molecule has 20 heavy (non-hydrogen) atoms. The highest BCUT2D eigenvalue weighted by molar-refractivity contribution is 5.97. The van der Waals surface area contributed by atoms with Gasteiger partial charge in [0, 0.05) is 22.5 Å². The van der Waals surface area contributed by atoms with E-state index < -0.39 is 0 Å². The summed E-state index contributed by atoms with van der Waals surface area (Å²) < 4.78 is 5.89. The van der Waals surface area contributed by atoms with Crippen molar-refractivity contribution in [3.8, 4) is 17.1 Å². The van der Waals surface area contributed by atoms with Crippen molar-refractivity contribution in [3.63, 3.8) is 0 Å². The molecule has 4 rings (SSSR count). The molecule has 0 aliphatic rings. The molecule has 0 unspecified atom stereocenters. The second-order valence-corrected chi connectivity index (χ2v) is 4.68. The van der Waals surface area contributed by atoms with E-state index in [1.165, 1.54) is 0 Å². The zero-order valence-corrected chi connectivity index (χ0v) is 10.6. The molecule has 1 N–H and O–H groups in total. The number of phenols is 1. The third kappa shape index (κ3) is 1.57. The molecular formula is C17H11NO2. The molecule has 4 aromatic rings. The smallest absolute Gasteiger partial charge is 0.141 e. The number of hydrogen-bond donors (Lipinski definition) is 1. The Morgan fingerprint density at radius 1 is 0.950 bits per heavy atom. The first-order valence-corrected chi connectivity index (χ1v) is 6.38. The summed E-state index contributed by atoms with van der Waals surface area (Å²) in [5.41, 5.74) is 2.38. The lowest BCUT2D eigenvalue weighted by Gasteiger charge is -2.04. The Labute approximate surface area is 115 Å². The molecular weight excluding hydrogens is 250 g/mol. The zero-order valence-electron chi connectivity index (χ0n) is 10.6. The molecule has 0 saturated heterocycles. The van der Waals surface area contributed by atoms with Crippen molar-refractivity contribution in [1.29, 1.82) is 0 Å². The maximum absolute atomic E-state index is 9.89. The topological polar surface area (TPSA) is 46.3 Å². The van der Waals surface area contributed by atoms with Crippen LogP contribution in [0.15, 0.2) is 65.2 Å². The molecule has 0 radical (unpaired) electrons. The number of nitrogens with zero attached hydrogens (tertiary/aromatic N) is 1. The lowest BCUT2D eigenvalue weighted by Crippen LogP contribution is -1.83. The van der Waals surface area contributed by atoms with Gasteiger partial charge in [0.05, 0.1) is 0 Å². The van der Waals surface area contributed by atoms with Crippen molar-refractivity contribution in [1.82, 2.24) is 4.98 Å². The minimum absolute atomic E-state index is 0.181. The third-order valence-electron chi connectivity index (χ3n) is 3.44. The number of para-hydroxylation sites is 2. The summed E-state index contributed by atoms with van der Waals surface area (Å²) in [5, 5.41) is 11.8. The Kier molecular flexibility index (Phi) is 2.27. The van der Waals surface area contributed by atoms with Crippen molar-refractivity contribution in [2.75, 3.05) is 0 Å². The molecule has 0 bridgehead atoms. The van der Waals surface area contributed by atoms with Gasteiger partial charge in [-0.05, 0) is 24.3 Å². The Hall–Kier alpha value is -2.81. The highest BCUT2D eigenvalue weighted by Gasteiger charge is 2.11. The Balaban J connectivity index is 2.04. The number of fused-ring (bicyclic) bond motifs is 2. The number of aromatic nitrogens is 1. The van der Waals surface area contributed by atoms with Crippen molar-refractivity contribution in [2.24, 2.45) is 0 Å². The summed E-state index contributed by atoms with van der Waals surface area (Å²) >= 11 is 0. The number of phenolic OH excluding ortho intramolecular Hbond substituents is 1. The first kappa shape index (κ1) is 11.1. The van der Waals surface area contributed by atoms with E-state index in [4.69, 9.17) is 4.42 Å². The van der Waals surface area contributed by atoms with E-state index >= 15 is 0 Å².